The second-order valence-corrected chi connectivity index (χ2v) is 5.26. The Bertz CT molecular complexity index is 646. The van der Waals surface area contributed by atoms with Crippen LogP contribution in [0.15, 0.2) is 36.4 Å². The standard InChI is InChI=1S/C17H23N5O2/c1-13-6-7-16(22-21-13)20-15-5-3-4-14(12-15)17(23)19-9-8-18-10-11-24-2/h3-7,12,18H,8-11H2,1-2H3,(H,19,23)(H,20,22). The van der Waals surface area contributed by atoms with Crippen molar-refractivity contribution in [3.63, 3.8) is 0 Å². The average Bonchev–Trinajstić information content (AvgIpc) is 2.60. The molecule has 0 saturated heterocycles. The summed E-state index contributed by atoms with van der Waals surface area (Å²) in [5.74, 6) is 0.530. The molecule has 24 heavy (non-hydrogen) atoms. The van der Waals surface area contributed by atoms with Gasteiger partial charge in [0.1, 0.15) is 0 Å². The molecule has 0 radical (unpaired) electrons. The summed E-state index contributed by atoms with van der Waals surface area (Å²) in [4.78, 5) is 12.2. The lowest BCUT2D eigenvalue weighted by Gasteiger charge is -2.09. The molecule has 7 nitrogen and oxygen atoms in total. The highest BCUT2D eigenvalue weighted by Crippen LogP contribution is 2.15. The van der Waals surface area contributed by atoms with E-state index in [4.69, 9.17) is 4.74 Å². The third kappa shape index (κ3) is 5.94. The first-order valence-corrected chi connectivity index (χ1v) is 7.84. The van der Waals surface area contributed by atoms with E-state index in [9.17, 15) is 4.79 Å². The van der Waals surface area contributed by atoms with E-state index in [1.54, 1.807) is 19.2 Å². The van der Waals surface area contributed by atoms with Gasteiger partial charge in [0.15, 0.2) is 5.82 Å². The Morgan fingerprint density at radius 1 is 1.12 bits per heavy atom. The number of anilines is 2. The number of hydrogen-bond donors (Lipinski definition) is 3. The van der Waals surface area contributed by atoms with Crippen LogP contribution in [0.2, 0.25) is 0 Å². The number of nitrogens with one attached hydrogen (secondary N) is 3. The number of aryl methyl sites for hydroxylation is 1. The number of nitrogens with zero attached hydrogens (tertiary/aromatic N) is 2. The van der Waals surface area contributed by atoms with Gasteiger partial charge in [-0.05, 0) is 37.3 Å². The number of carbonyl (C=O) groups excluding carboxylic acids is 1. The molecule has 128 valence electrons. The van der Waals surface area contributed by atoms with E-state index in [0.29, 0.717) is 31.1 Å². The fraction of sp³-hybridized carbons (Fsp3) is 0.353. The van der Waals surface area contributed by atoms with Crippen molar-refractivity contribution in [2.24, 2.45) is 0 Å². The van der Waals surface area contributed by atoms with Crippen molar-refractivity contribution in [3.8, 4) is 0 Å². The van der Waals surface area contributed by atoms with Gasteiger partial charge in [-0.25, -0.2) is 0 Å². The van der Waals surface area contributed by atoms with Gasteiger partial charge < -0.3 is 20.7 Å². The molecule has 2 aromatic rings. The van der Waals surface area contributed by atoms with Crippen LogP contribution in [0.1, 0.15) is 16.1 Å². The van der Waals surface area contributed by atoms with E-state index < -0.39 is 0 Å². The molecule has 0 unspecified atom stereocenters. The van der Waals surface area contributed by atoms with Crippen molar-refractivity contribution in [2.75, 3.05) is 38.7 Å². The SMILES string of the molecule is COCCNCCNC(=O)c1cccc(Nc2ccc(C)nn2)c1. The molecule has 0 aliphatic heterocycles. The molecule has 1 aromatic carbocycles. The molecule has 1 aromatic heterocycles. The van der Waals surface area contributed by atoms with E-state index in [1.165, 1.54) is 0 Å². The Morgan fingerprint density at radius 3 is 2.75 bits per heavy atom. The lowest BCUT2D eigenvalue weighted by atomic mass is 10.2. The second kappa shape index (κ2) is 9.59. The van der Waals surface area contributed by atoms with Gasteiger partial charge in [0, 0.05) is 38.0 Å². The number of methoxy groups -OCH3 is 1. The van der Waals surface area contributed by atoms with Crippen molar-refractivity contribution < 1.29 is 9.53 Å². The summed E-state index contributed by atoms with van der Waals surface area (Å²) >= 11 is 0. The van der Waals surface area contributed by atoms with Gasteiger partial charge in [-0.15, -0.1) is 5.10 Å². The average molecular weight is 329 g/mol. The van der Waals surface area contributed by atoms with Crippen LogP contribution in [-0.2, 0) is 4.74 Å². The van der Waals surface area contributed by atoms with Crippen LogP contribution in [0.25, 0.3) is 0 Å². The zero-order valence-electron chi connectivity index (χ0n) is 14.0. The lowest BCUT2D eigenvalue weighted by Crippen LogP contribution is -2.33. The number of amides is 1. The van der Waals surface area contributed by atoms with E-state index in [-0.39, 0.29) is 5.91 Å². The zero-order valence-corrected chi connectivity index (χ0v) is 14.0. The summed E-state index contributed by atoms with van der Waals surface area (Å²) < 4.78 is 4.94. The van der Waals surface area contributed by atoms with Crippen LogP contribution in [0.5, 0.6) is 0 Å². The maximum absolute atomic E-state index is 12.2. The monoisotopic (exact) mass is 329 g/mol. The highest BCUT2D eigenvalue weighted by Gasteiger charge is 2.06. The van der Waals surface area contributed by atoms with Crippen molar-refractivity contribution in [3.05, 3.63) is 47.7 Å². The molecule has 0 fully saturated rings. The predicted molar refractivity (Wildman–Crippen MR) is 93.6 cm³/mol. The molecular formula is C17H23N5O2. The molecular weight excluding hydrogens is 306 g/mol. The molecule has 1 heterocycles. The quantitative estimate of drug-likeness (QED) is 0.604. The summed E-state index contributed by atoms with van der Waals surface area (Å²) in [5.41, 5.74) is 2.24. The van der Waals surface area contributed by atoms with Gasteiger partial charge in [-0.2, -0.15) is 5.10 Å². The third-order valence-electron chi connectivity index (χ3n) is 3.27. The highest BCUT2D eigenvalue weighted by molar-refractivity contribution is 5.95. The van der Waals surface area contributed by atoms with Crippen molar-refractivity contribution >= 4 is 17.4 Å². The number of benzene rings is 1. The van der Waals surface area contributed by atoms with E-state index in [1.807, 2.05) is 31.2 Å². The minimum Gasteiger partial charge on any atom is -0.383 e. The van der Waals surface area contributed by atoms with Crippen LogP contribution < -0.4 is 16.0 Å². The molecule has 3 N–H and O–H groups in total. The Kier molecular flexibility index (Phi) is 7.13. The molecule has 1 amide bonds. The van der Waals surface area contributed by atoms with Crippen LogP contribution in [-0.4, -0.2) is 49.5 Å². The maximum Gasteiger partial charge on any atom is 0.251 e. The minimum atomic E-state index is -0.109. The summed E-state index contributed by atoms with van der Waals surface area (Å²) in [6.45, 7) is 4.56. The van der Waals surface area contributed by atoms with Crippen molar-refractivity contribution in [1.29, 1.82) is 0 Å². The summed E-state index contributed by atoms with van der Waals surface area (Å²) in [6, 6.07) is 11.0. The Hall–Kier alpha value is -2.51. The lowest BCUT2D eigenvalue weighted by molar-refractivity contribution is 0.0953. The van der Waals surface area contributed by atoms with Gasteiger partial charge in [0.05, 0.1) is 12.3 Å². The summed E-state index contributed by atoms with van der Waals surface area (Å²) in [7, 11) is 1.66. The Balaban J connectivity index is 1.85. The molecule has 0 saturated carbocycles. The molecule has 0 bridgehead atoms. The first kappa shape index (κ1) is 17.8. The number of ether oxygens (including phenoxy) is 1. The predicted octanol–water partition coefficient (Wildman–Crippen LogP) is 1.49. The van der Waals surface area contributed by atoms with E-state index >= 15 is 0 Å². The molecule has 0 aliphatic rings. The van der Waals surface area contributed by atoms with Crippen LogP contribution in [0.4, 0.5) is 11.5 Å². The van der Waals surface area contributed by atoms with Crippen LogP contribution >= 0.6 is 0 Å². The summed E-state index contributed by atoms with van der Waals surface area (Å²) in [5, 5.41) is 17.2. The third-order valence-corrected chi connectivity index (χ3v) is 3.27. The van der Waals surface area contributed by atoms with Crippen LogP contribution in [0, 0.1) is 6.92 Å². The Labute approximate surface area is 141 Å². The van der Waals surface area contributed by atoms with Crippen LogP contribution in [0.3, 0.4) is 0 Å². The number of carbonyl (C=O) groups is 1. The highest BCUT2D eigenvalue weighted by atomic mass is 16.5. The molecule has 2 rings (SSSR count). The van der Waals surface area contributed by atoms with Gasteiger partial charge in [0.2, 0.25) is 0 Å². The maximum atomic E-state index is 12.2. The first-order chi connectivity index (χ1) is 11.7. The first-order valence-electron chi connectivity index (χ1n) is 7.84. The zero-order chi connectivity index (χ0) is 17.2. The van der Waals surface area contributed by atoms with Gasteiger partial charge in [-0.3, -0.25) is 4.79 Å². The molecule has 0 atom stereocenters. The van der Waals surface area contributed by atoms with Gasteiger partial charge in [0.25, 0.3) is 5.91 Å². The Morgan fingerprint density at radius 2 is 2.00 bits per heavy atom. The van der Waals surface area contributed by atoms with Gasteiger partial charge >= 0.3 is 0 Å². The smallest absolute Gasteiger partial charge is 0.251 e. The van der Waals surface area contributed by atoms with E-state index in [0.717, 1.165) is 17.9 Å². The molecule has 0 aliphatic carbocycles. The van der Waals surface area contributed by atoms with Crippen molar-refractivity contribution in [1.82, 2.24) is 20.8 Å². The number of rotatable bonds is 9. The van der Waals surface area contributed by atoms with E-state index in [2.05, 4.69) is 26.1 Å². The topological polar surface area (TPSA) is 88.2 Å². The normalized spacial score (nSPS) is 10.4. The molecule has 0 spiro atoms. The number of hydrogen-bond acceptors (Lipinski definition) is 6. The molecule has 7 heteroatoms. The van der Waals surface area contributed by atoms with Gasteiger partial charge in [-0.1, -0.05) is 6.07 Å². The fourth-order valence-corrected chi connectivity index (χ4v) is 2.02. The minimum absolute atomic E-state index is 0.109. The fourth-order valence-electron chi connectivity index (χ4n) is 2.02. The van der Waals surface area contributed by atoms with Crippen molar-refractivity contribution in [2.45, 2.75) is 6.92 Å². The number of aromatic nitrogens is 2. The second-order valence-electron chi connectivity index (χ2n) is 5.26. The largest absolute Gasteiger partial charge is 0.383 e. The summed E-state index contributed by atoms with van der Waals surface area (Å²) in [6.07, 6.45) is 0.